The highest BCUT2D eigenvalue weighted by Gasteiger charge is 2.30. The van der Waals surface area contributed by atoms with Crippen molar-refractivity contribution in [1.82, 2.24) is 30.9 Å². The Balaban J connectivity index is 1.68. The number of nitrogens with one attached hydrogen (secondary N) is 5. The summed E-state index contributed by atoms with van der Waals surface area (Å²) in [5, 5.41) is 17.7. The van der Waals surface area contributed by atoms with Crippen LogP contribution in [0.25, 0.3) is 10.9 Å². The summed E-state index contributed by atoms with van der Waals surface area (Å²) in [4.78, 5) is 71.4. The van der Waals surface area contributed by atoms with Gasteiger partial charge in [-0.15, -0.1) is 0 Å². The van der Waals surface area contributed by atoms with Crippen molar-refractivity contribution in [1.29, 1.82) is 0 Å². The summed E-state index contributed by atoms with van der Waals surface area (Å²) < 4.78 is 0. The van der Waals surface area contributed by atoms with Gasteiger partial charge in [-0.1, -0.05) is 18.2 Å². The second-order valence-electron chi connectivity index (χ2n) is 9.16. The molecule has 0 spiro atoms. The van der Waals surface area contributed by atoms with Crippen LogP contribution in [0.4, 0.5) is 0 Å². The Morgan fingerprint density at radius 1 is 0.950 bits per heavy atom. The van der Waals surface area contributed by atoms with Crippen molar-refractivity contribution in [3.8, 4) is 0 Å². The van der Waals surface area contributed by atoms with Gasteiger partial charge in [0.05, 0.1) is 12.4 Å². The lowest BCUT2D eigenvalue weighted by Gasteiger charge is -2.24. The third kappa shape index (κ3) is 8.31. The van der Waals surface area contributed by atoms with Crippen LogP contribution in [0.2, 0.25) is 0 Å². The van der Waals surface area contributed by atoms with Crippen molar-refractivity contribution in [3.63, 3.8) is 0 Å². The number of carbonyl (C=O) groups excluding carboxylic acids is 4. The fourth-order valence-corrected chi connectivity index (χ4v) is 4.27. The number of benzene rings is 1. The standard InChI is InChI=1S/C25H32N8O6S/c26-16(7-13-9-29-17-4-2-1-3-15(13)17)22(35)32-19(8-14-10-28-12-30-14)23(36)33-20(11-40)24(37)31-18(25(38)39)5-6-21(27)34/h1-4,9-10,12,16,18-20,29,40H,5-8,11,26H2,(H2,27,34)(H,28,30)(H,31,37)(H,32,35)(H,33,36)(H,38,39). The predicted octanol–water partition coefficient (Wildman–Crippen LogP) is -1.26. The van der Waals surface area contributed by atoms with Gasteiger partial charge in [-0.2, -0.15) is 12.6 Å². The molecule has 4 unspecified atom stereocenters. The lowest BCUT2D eigenvalue weighted by Crippen LogP contribution is -2.58. The minimum Gasteiger partial charge on any atom is -0.480 e. The first kappa shape index (κ1) is 30.2. The SMILES string of the molecule is NC(=O)CCC(NC(=O)C(CS)NC(=O)C(Cc1cnc[nH]1)NC(=O)C(N)Cc1c[nH]c2ccccc12)C(=O)O. The Hall–Kier alpha value is -4.37. The summed E-state index contributed by atoms with van der Waals surface area (Å²) in [6.07, 6.45) is 4.40. The van der Waals surface area contributed by atoms with Crippen LogP contribution in [-0.2, 0) is 36.8 Å². The van der Waals surface area contributed by atoms with E-state index in [1.165, 1.54) is 12.5 Å². The molecule has 0 saturated carbocycles. The molecule has 2 heterocycles. The number of para-hydroxylation sites is 1. The number of hydrogen-bond acceptors (Lipinski definition) is 8. The van der Waals surface area contributed by atoms with Crippen molar-refractivity contribution in [2.45, 2.75) is 49.9 Å². The van der Waals surface area contributed by atoms with Gasteiger partial charge < -0.3 is 42.5 Å². The van der Waals surface area contributed by atoms with Crippen molar-refractivity contribution < 1.29 is 29.1 Å². The van der Waals surface area contributed by atoms with Gasteiger partial charge in [0.25, 0.3) is 0 Å². The number of H-pyrrole nitrogens is 2. The molecule has 0 fully saturated rings. The van der Waals surface area contributed by atoms with Gasteiger partial charge in [-0.05, 0) is 24.5 Å². The molecule has 0 bridgehead atoms. The maximum absolute atomic E-state index is 13.2. The van der Waals surface area contributed by atoms with E-state index in [0.717, 1.165) is 16.5 Å². The van der Waals surface area contributed by atoms with Crippen LogP contribution in [0.1, 0.15) is 24.1 Å². The molecule has 4 atom stereocenters. The number of imidazole rings is 1. The molecule has 10 N–H and O–H groups in total. The van der Waals surface area contributed by atoms with Gasteiger partial charge in [-0.25, -0.2) is 9.78 Å². The van der Waals surface area contributed by atoms with Crippen LogP contribution in [0.5, 0.6) is 0 Å². The van der Waals surface area contributed by atoms with Crippen molar-refractivity contribution in [2.75, 3.05) is 5.75 Å². The molecule has 3 aromatic rings. The van der Waals surface area contributed by atoms with E-state index in [1.807, 2.05) is 24.3 Å². The molecule has 0 aliphatic carbocycles. The van der Waals surface area contributed by atoms with Gasteiger partial charge in [-0.3, -0.25) is 19.2 Å². The van der Waals surface area contributed by atoms with E-state index in [2.05, 4.69) is 43.5 Å². The summed E-state index contributed by atoms with van der Waals surface area (Å²) in [7, 11) is 0. The third-order valence-corrected chi connectivity index (χ3v) is 6.54. The van der Waals surface area contributed by atoms with Gasteiger partial charge in [0.2, 0.25) is 23.6 Å². The van der Waals surface area contributed by atoms with Crippen LogP contribution in [-0.4, -0.2) is 79.6 Å². The molecule has 14 nitrogen and oxygen atoms in total. The number of aromatic amines is 2. The van der Waals surface area contributed by atoms with E-state index in [-0.39, 0.29) is 31.4 Å². The lowest BCUT2D eigenvalue weighted by atomic mass is 10.0. The number of primary amides is 1. The number of aromatic nitrogens is 3. The average molecular weight is 573 g/mol. The summed E-state index contributed by atoms with van der Waals surface area (Å²) in [5.74, 6) is -4.41. The number of carbonyl (C=O) groups is 5. The van der Waals surface area contributed by atoms with Crippen molar-refractivity contribution >= 4 is 53.1 Å². The summed E-state index contributed by atoms with van der Waals surface area (Å²) in [6.45, 7) is 0. The molecular formula is C25H32N8O6S. The fraction of sp³-hybridized carbons (Fsp3) is 0.360. The Bertz CT molecular complexity index is 1340. The van der Waals surface area contributed by atoms with Gasteiger partial charge in [0.15, 0.2) is 0 Å². The molecule has 214 valence electrons. The molecule has 2 aromatic heterocycles. The Labute approximate surface area is 234 Å². The van der Waals surface area contributed by atoms with E-state index in [1.54, 1.807) is 6.20 Å². The first-order chi connectivity index (χ1) is 19.1. The van der Waals surface area contributed by atoms with E-state index in [0.29, 0.717) is 5.69 Å². The van der Waals surface area contributed by atoms with Crippen molar-refractivity contribution in [2.24, 2.45) is 11.5 Å². The van der Waals surface area contributed by atoms with Crippen LogP contribution in [0.15, 0.2) is 43.0 Å². The third-order valence-electron chi connectivity index (χ3n) is 6.17. The molecular weight excluding hydrogens is 540 g/mol. The minimum atomic E-state index is -1.40. The molecule has 0 saturated heterocycles. The number of hydrogen-bond donors (Lipinski definition) is 9. The van der Waals surface area contributed by atoms with E-state index >= 15 is 0 Å². The monoisotopic (exact) mass is 572 g/mol. The molecule has 0 aliphatic rings. The van der Waals surface area contributed by atoms with Gasteiger partial charge in [0.1, 0.15) is 18.1 Å². The number of nitrogens with zero attached hydrogens (tertiary/aromatic N) is 1. The second kappa shape index (κ2) is 14.1. The maximum Gasteiger partial charge on any atom is 0.326 e. The van der Waals surface area contributed by atoms with Gasteiger partial charge in [0, 0.05) is 47.6 Å². The molecule has 4 amide bonds. The predicted molar refractivity (Wildman–Crippen MR) is 148 cm³/mol. The van der Waals surface area contributed by atoms with Gasteiger partial charge >= 0.3 is 5.97 Å². The largest absolute Gasteiger partial charge is 0.480 e. The second-order valence-corrected chi connectivity index (χ2v) is 9.53. The first-order valence-electron chi connectivity index (χ1n) is 12.4. The molecule has 40 heavy (non-hydrogen) atoms. The van der Waals surface area contributed by atoms with E-state index < -0.39 is 53.8 Å². The molecule has 0 radical (unpaired) electrons. The average Bonchev–Trinajstić information content (AvgIpc) is 3.58. The normalized spacial score (nSPS) is 14.1. The topological polar surface area (TPSA) is 238 Å². The van der Waals surface area contributed by atoms with Crippen molar-refractivity contribution in [3.05, 3.63) is 54.2 Å². The number of amides is 4. The number of carboxylic acid groups (broad SMARTS) is 1. The number of aliphatic carboxylic acids is 1. The molecule has 15 heteroatoms. The number of carboxylic acids is 1. The summed E-state index contributed by atoms with van der Waals surface area (Å²) >= 11 is 4.10. The minimum absolute atomic E-state index is 0.00858. The zero-order chi connectivity index (χ0) is 29.2. The Kier molecular flexibility index (Phi) is 10.7. The highest BCUT2D eigenvalue weighted by atomic mass is 32.1. The number of rotatable bonds is 15. The van der Waals surface area contributed by atoms with Crippen LogP contribution in [0, 0.1) is 0 Å². The Morgan fingerprint density at radius 2 is 1.62 bits per heavy atom. The lowest BCUT2D eigenvalue weighted by molar-refractivity contribution is -0.142. The highest BCUT2D eigenvalue weighted by molar-refractivity contribution is 7.80. The molecule has 1 aromatic carbocycles. The summed E-state index contributed by atoms with van der Waals surface area (Å²) in [6, 6.07) is 2.79. The zero-order valence-corrected chi connectivity index (χ0v) is 22.3. The quantitative estimate of drug-likeness (QED) is 0.0993. The number of fused-ring (bicyclic) bond motifs is 1. The Morgan fingerprint density at radius 3 is 2.27 bits per heavy atom. The maximum atomic E-state index is 13.2. The molecule has 3 rings (SSSR count). The number of thiol groups is 1. The fourth-order valence-electron chi connectivity index (χ4n) is 4.02. The van der Waals surface area contributed by atoms with Crippen LogP contribution < -0.4 is 27.4 Å². The first-order valence-corrected chi connectivity index (χ1v) is 13.0. The van der Waals surface area contributed by atoms with E-state index in [9.17, 15) is 29.1 Å². The highest BCUT2D eigenvalue weighted by Crippen LogP contribution is 2.18. The molecule has 0 aliphatic heterocycles. The number of nitrogens with two attached hydrogens (primary N) is 2. The zero-order valence-electron chi connectivity index (χ0n) is 21.4. The smallest absolute Gasteiger partial charge is 0.326 e. The summed E-state index contributed by atoms with van der Waals surface area (Å²) in [5.41, 5.74) is 13.5. The van der Waals surface area contributed by atoms with Crippen LogP contribution in [0.3, 0.4) is 0 Å². The van der Waals surface area contributed by atoms with Crippen LogP contribution >= 0.6 is 12.6 Å². The van der Waals surface area contributed by atoms with E-state index in [4.69, 9.17) is 11.5 Å².